The maximum Gasteiger partial charge on any atom is 0.267 e. The first-order valence-electron chi connectivity index (χ1n) is 10.5. The molecule has 0 aromatic carbocycles. The van der Waals surface area contributed by atoms with Crippen LogP contribution in [0.5, 0.6) is 0 Å². The maximum atomic E-state index is 11.2. The average molecular weight is 393 g/mol. The molecule has 0 heterocycles. The van der Waals surface area contributed by atoms with Crippen molar-refractivity contribution in [1.29, 1.82) is 0 Å². The van der Waals surface area contributed by atoms with E-state index in [0.29, 0.717) is 0 Å². The molecule has 0 aromatic heterocycles. The Balaban J connectivity index is 0.00000352. The first-order valence-corrected chi connectivity index (χ1v) is 10.5. The number of nitrogens with zero attached hydrogens (tertiary/aromatic N) is 1. The fourth-order valence-electron chi connectivity index (χ4n) is 2.75. The summed E-state index contributed by atoms with van der Waals surface area (Å²) in [4.78, 5) is 13.4. The molecule has 1 amide bonds. The van der Waals surface area contributed by atoms with E-state index >= 15 is 0 Å². The molecule has 0 spiro atoms. The molecule has 0 unspecified atom stereocenters. The molecule has 0 fully saturated rings. The fourth-order valence-corrected chi connectivity index (χ4v) is 2.75. The van der Waals surface area contributed by atoms with Gasteiger partial charge in [0.15, 0.2) is 0 Å². The van der Waals surface area contributed by atoms with Crippen LogP contribution in [0.4, 0.5) is 0 Å². The Bertz CT molecular complexity index is 551. The molecule has 0 atom stereocenters. The summed E-state index contributed by atoms with van der Waals surface area (Å²) >= 11 is 0. The van der Waals surface area contributed by atoms with Crippen molar-refractivity contribution in [2.75, 3.05) is 33.7 Å². The van der Waals surface area contributed by atoms with Gasteiger partial charge in [-0.25, -0.2) is 5.48 Å². The molecular weight excluding hydrogens is 352 g/mol. The number of rotatable bonds is 12. The number of amides is 1. The summed E-state index contributed by atoms with van der Waals surface area (Å²) in [6.07, 6.45) is 15.1. The van der Waals surface area contributed by atoms with Gasteiger partial charge in [0.2, 0.25) is 0 Å². The summed E-state index contributed by atoms with van der Waals surface area (Å²) in [7, 11) is 3.98. The summed E-state index contributed by atoms with van der Waals surface area (Å²) in [5.74, 6) is -0.531. The Kier molecular flexibility index (Phi) is 15.8. The average Bonchev–Trinajstić information content (AvgIpc) is 2.94. The lowest BCUT2D eigenvalue weighted by atomic mass is 10.1. The molecule has 1 aliphatic carbocycles. The highest BCUT2D eigenvalue weighted by Gasteiger charge is 2.10. The van der Waals surface area contributed by atoms with E-state index in [1.54, 1.807) is 11.6 Å². The van der Waals surface area contributed by atoms with Crippen LogP contribution in [0.25, 0.3) is 0 Å². The van der Waals surface area contributed by atoms with Crippen LogP contribution in [0.3, 0.4) is 0 Å². The normalized spacial score (nSPS) is 13.6. The van der Waals surface area contributed by atoms with Crippen molar-refractivity contribution in [1.82, 2.24) is 21.0 Å². The Hall–Kier alpha value is -2.05. The second-order valence-electron chi connectivity index (χ2n) is 6.42. The Labute approximate surface area is 171 Å². The molecule has 6 heteroatoms. The molecule has 0 saturated heterocycles. The van der Waals surface area contributed by atoms with E-state index in [2.05, 4.69) is 41.7 Å². The van der Waals surface area contributed by atoms with Gasteiger partial charge in [0.1, 0.15) is 0 Å². The lowest BCUT2D eigenvalue weighted by Crippen LogP contribution is -2.30. The SMILES string of the molecule is CC.CCCCCCNCCN(C)C1=C(NC)C=C(/C=C/C(=O)NO)CC=C1. The molecule has 0 aromatic rings. The van der Waals surface area contributed by atoms with Gasteiger partial charge in [-0.1, -0.05) is 52.2 Å². The molecule has 1 aliphatic rings. The lowest BCUT2D eigenvalue weighted by molar-refractivity contribution is -0.124. The second kappa shape index (κ2) is 17.1. The molecule has 6 nitrogen and oxygen atoms in total. The van der Waals surface area contributed by atoms with E-state index < -0.39 is 5.91 Å². The molecule has 160 valence electrons. The Morgan fingerprint density at radius 1 is 1.25 bits per heavy atom. The van der Waals surface area contributed by atoms with E-state index in [4.69, 9.17) is 5.21 Å². The van der Waals surface area contributed by atoms with Crippen LogP contribution in [-0.2, 0) is 4.79 Å². The van der Waals surface area contributed by atoms with Gasteiger partial charge >= 0.3 is 0 Å². The smallest absolute Gasteiger partial charge is 0.267 e. The minimum absolute atomic E-state index is 0.531. The van der Waals surface area contributed by atoms with Crippen molar-refractivity contribution in [3.05, 3.63) is 47.3 Å². The zero-order chi connectivity index (χ0) is 21.2. The van der Waals surface area contributed by atoms with E-state index in [9.17, 15) is 4.79 Å². The van der Waals surface area contributed by atoms with Crippen LogP contribution >= 0.6 is 0 Å². The van der Waals surface area contributed by atoms with Crippen molar-refractivity contribution >= 4 is 5.91 Å². The molecule has 0 bridgehead atoms. The van der Waals surface area contributed by atoms with Gasteiger partial charge in [0.25, 0.3) is 5.91 Å². The van der Waals surface area contributed by atoms with Crippen LogP contribution < -0.4 is 16.1 Å². The van der Waals surface area contributed by atoms with Crippen molar-refractivity contribution in [2.45, 2.75) is 52.9 Å². The highest BCUT2D eigenvalue weighted by atomic mass is 16.5. The van der Waals surface area contributed by atoms with Gasteiger partial charge in [0, 0.05) is 33.3 Å². The third kappa shape index (κ3) is 10.9. The predicted octanol–water partition coefficient (Wildman–Crippen LogP) is 3.49. The zero-order valence-corrected chi connectivity index (χ0v) is 18.3. The number of nitrogens with one attached hydrogen (secondary N) is 3. The largest absolute Gasteiger partial charge is 0.386 e. The van der Waals surface area contributed by atoms with Gasteiger partial charge in [0.05, 0.1) is 11.4 Å². The summed E-state index contributed by atoms with van der Waals surface area (Å²) in [6, 6.07) is 0. The van der Waals surface area contributed by atoms with E-state index in [1.165, 1.54) is 31.8 Å². The predicted molar refractivity (Wildman–Crippen MR) is 118 cm³/mol. The number of hydrogen-bond acceptors (Lipinski definition) is 5. The summed E-state index contributed by atoms with van der Waals surface area (Å²) in [6.45, 7) is 9.17. The van der Waals surface area contributed by atoms with Gasteiger partial charge in [-0.15, -0.1) is 0 Å². The summed E-state index contributed by atoms with van der Waals surface area (Å²) < 4.78 is 0. The monoisotopic (exact) mass is 392 g/mol. The van der Waals surface area contributed by atoms with E-state index in [0.717, 1.165) is 43.0 Å². The molecule has 1 rings (SSSR count). The number of carbonyl (C=O) groups excluding carboxylic acids is 1. The third-order valence-electron chi connectivity index (χ3n) is 4.31. The molecule has 0 aliphatic heterocycles. The van der Waals surface area contributed by atoms with Crippen LogP contribution in [0.15, 0.2) is 47.3 Å². The number of hydroxylamine groups is 1. The second-order valence-corrected chi connectivity index (χ2v) is 6.42. The first kappa shape index (κ1) is 26.0. The van der Waals surface area contributed by atoms with Crippen molar-refractivity contribution in [2.24, 2.45) is 0 Å². The number of unbranched alkanes of at least 4 members (excludes halogenated alkanes) is 3. The third-order valence-corrected chi connectivity index (χ3v) is 4.31. The Morgan fingerprint density at radius 2 is 2.00 bits per heavy atom. The van der Waals surface area contributed by atoms with Crippen LogP contribution in [0.2, 0.25) is 0 Å². The Morgan fingerprint density at radius 3 is 2.64 bits per heavy atom. The van der Waals surface area contributed by atoms with E-state index in [-0.39, 0.29) is 0 Å². The highest BCUT2D eigenvalue weighted by molar-refractivity contribution is 5.86. The fraction of sp³-hybridized carbons (Fsp3) is 0.591. The lowest BCUT2D eigenvalue weighted by Gasteiger charge is -2.23. The first-order chi connectivity index (χ1) is 13.6. The number of allylic oxidation sites excluding steroid dienone is 5. The molecular formula is C22H40N4O2. The van der Waals surface area contributed by atoms with Crippen molar-refractivity contribution in [3.63, 3.8) is 0 Å². The van der Waals surface area contributed by atoms with Gasteiger partial charge in [-0.2, -0.15) is 0 Å². The van der Waals surface area contributed by atoms with Crippen LogP contribution in [-0.4, -0.2) is 49.7 Å². The van der Waals surface area contributed by atoms with Gasteiger partial charge in [-0.05, 0) is 37.1 Å². The van der Waals surface area contributed by atoms with Crippen LogP contribution in [0, 0.1) is 0 Å². The summed E-state index contributed by atoms with van der Waals surface area (Å²) in [5, 5.41) is 15.3. The molecule has 4 N–H and O–H groups in total. The molecule has 0 saturated carbocycles. The topological polar surface area (TPSA) is 76.6 Å². The number of hydrogen-bond donors (Lipinski definition) is 4. The van der Waals surface area contributed by atoms with Gasteiger partial charge < -0.3 is 15.5 Å². The summed E-state index contributed by atoms with van der Waals surface area (Å²) in [5.41, 5.74) is 4.72. The van der Waals surface area contributed by atoms with Crippen molar-refractivity contribution in [3.8, 4) is 0 Å². The van der Waals surface area contributed by atoms with Gasteiger partial charge in [-0.3, -0.25) is 10.0 Å². The number of carbonyl (C=O) groups is 1. The van der Waals surface area contributed by atoms with Crippen molar-refractivity contribution < 1.29 is 10.0 Å². The minimum Gasteiger partial charge on any atom is -0.386 e. The number of likely N-dealkylation sites (N-methyl/N-ethyl adjacent to an activating group) is 2. The molecule has 0 radical (unpaired) electrons. The molecule has 28 heavy (non-hydrogen) atoms. The highest BCUT2D eigenvalue weighted by Crippen LogP contribution is 2.19. The maximum absolute atomic E-state index is 11.2. The zero-order valence-electron chi connectivity index (χ0n) is 18.3. The quantitative estimate of drug-likeness (QED) is 0.177. The standard InChI is InChI=1S/C20H34N4O2.C2H6/c1-4-5-6-7-13-22-14-15-24(3)19-10-8-9-17(16-18(19)21-2)11-12-20(25)23-26;1-2/h8,10-12,16,21-22,26H,4-7,9,13-15H2,1-3H3,(H,23,25);1-2H3/b12-11+;. The minimum atomic E-state index is -0.531. The van der Waals surface area contributed by atoms with Crippen LogP contribution in [0.1, 0.15) is 52.9 Å². The van der Waals surface area contributed by atoms with E-state index in [1.807, 2.05) is 27.0 Å².